The number of carboxylic acids is 1. The lowest BCUT2D eigenvalue weighted by molar-refractivity contribution is 0.0690. The molecule has 0 amide bonds. The second kappa shape index (κ2) is 6.80. The second-order valence-electron chi connectivity index (χ2n) is 3.76. The lowest BCUT2D eigenvalue weighted by Crippen LogP contribution is -2.16. The molecule has 0 aliphatic heterocycles. The highest BCUT2D eigenvalue weighted by Crippen LogP contribution is 2.09. The van der Waals surface area contributed by atoms with E-state index in [0.29, 0.717) is 18.3 Å². The van der Waals surface area contributed by atoms with E-state index < -0.39 is 5.97 Å². The fourth-order valence-electron chi connectivity index (χ4n) is 1.41. The topological polar surface area (TPSA) is 95.3 Å². The minimum absolute atomic E-state index is 0.0713. The molecule has 3 N–H and O–H groups in total. The van der Waals surface area contributed by atoms with Gasteiger partial charge in [-0.15, -0.1) is 0 Å². The number of anilines is 1. The number of nitrogens with zero attached hydrogens (tertiary/aromatic N) is 2. The van der Waals surface area contributed by atoms with E-state index >= 15 is 0 Å². The summed E-state index contributed by atoms with van der Waals surface area (Å²) in [5.41, 5.74) is -0.0713. The van der Waals surface area contributed by atoms with Crippen molar-refractivity contribution < 1.29 is 15.0 Å². The third-order valence-electron chi connectivity index (χ3n) is 2.56. The molecule has 1 aromatic heterocycles. The first-order chi connectivity index (χ1) is 8.17. The monoisotopic (exact) mass is 239 g/mol. The van der Waals surface area contributed by atoms with Gasteiger partial charge < -0.3 is 15.5 Å². The van der Waals surface area contributed by atoms with Gasteiger partial charge in [-0.05, 0) is 12.3 Å². The van der Waals surface area contributed by atoms with Crippen molar-refractivity contribution in [3.05, 3.63) is 18.1 Å². The maximum absolute atomic E-state index is 10.6. The maximum atomic E-state index is 10.6. The summed E-state index contributed by atoms with van der Waals surface area (Å²) in [5, 5.41) is 20.6. The molecular weight excluding hydrogens is 222 g/mol. The molecule has 0 aromatic carbocycles. The lowest BCUT2D eigenvalue weighted by Gasteiger charge is -2.14. The molecule has 0 aliphatic rings. The number of aromatic nitrogens is 2. The zero-order chi connectivity index (χ0) is 12.7. The van der Waals surface area contributed by atoms with Crippen LogP contribution in [0.4, 0.5) is 5.82 Å². The summed E-state index contributed by atoms with van der Waals surface area (Å²) < 4.78 is 0. The van der Waals surface area contributed by atoms with E-state index in [1.54, 1.807) is 0 Å². The number of carbonyl (C=O) groups is 1. The molecule has 0 spiro atoms. The molecule has 6 heteroatoms. The van der Waals surface area contributed by atoms with Gasteiger partial charge in [-0.3, -0.25) is 0 Å². The van der Waals surface area contributed by atoms with Crippen molar-refractivity contribution in [2.45, 2.75) is 19.8 Å². The quantitative estimate of drug-likeness (QED) is 0.657. The fraction of sp³-hybridized carbons (Fsp3) is 0.545. The van der Waals surface area contributed by atoms with Gasteiger partial charge >= 0.3 is 5.97 Å². The van der Waals surface area contributed by atoms with Gasteiger partial charge in [-0.2, -0.15) is 0 Å². The predicted molar refractivity (Wildman–Crippen MR) is 63.0 cm³/mol. The first-order valence-corrected chi connectivity index (χ1v) is 5.57. The highest BCUT2D eigenvalue weighted by molar-refractivity contribution is 5.84. The van der Waals surface area contributed by atoms with E-state index in [2.05, 4.69) is 22.2 Å². The van der Waals surface area contributed by atoms with Crippen molar-refractivity contribution in [3.8, 4) is 0 Å². The number of nitrogens with one attached hydrogen (secondary N) is 1. The van der Waals surface area contributed by atoms with E-state index in [1.165, 1.54) is 12.4 Å². The Morgan fingerprint density at radius 3 is 2.71 bits per heavy atom. The molecule has 0 saturated carbocycles. The number of aliphatic hydroxyl groups excluding tert-OH is 1. The molecule has 6 nitrogen and oxygen atoms in total. The Morgan fingerprint density at radius 2 is 2.24 bits per heavy atom. The number of rotatable bonds is 7. The highest BCUT2D eigenvalue weighted by atomic mass is 16.4. The van der Waals surface area contributed by atoms with Gasteiger partial charge in [0.1, 0.15) is 5.82 Å². The summed E-state index contributed by atoms with van der Waals surface area (Å²) in [6.45, 7) is 2.92. The largest absolute Gasteiger partial charge is 0.476 e. The van der Waals surface area contributed by atoms with Crippen LogP contribution in [0, 0.1) is 5.92 Å². The van der Waals surface area contributed by atoms with Crippen LogP contribution in [0.5, 0.6) is 0 Å². The molecule has 0 fully saturated rings. The van der Waals surface area contributed by atoms with Gasteiger partial charge in [0.05, 0.1) is 12.4 Å². The Balaban J connectivity index is 2.48. The van der Waals surface area contributed by atoms with Crippen LogP contribution in [0.1, 0.15) is 30.3 Å². The predicted octanol–water partition coefficient (Wildman–Crippen LogP) is 0.995. The summed E-state index contributed by atoms with van der Waals surface area (Å²) in [5.74, 6) is -0.164. The van der Waals surface area contributed by atoms with Crippen LogP contribution in [-0.4, -0.2) is 39.3 Å². The van der Waals surface area contributed by atoms with Crippen molar-refractivity contribution in [1.82, 2.24) is 9.97 Å². The summed E-state index contributed by atoms with van der Waals surface area (Å²) in [6.07, 6.45) is 4.32. The zero-order valence-corrected chi connectivity index (χ0v) is 9.76. The SMILES string of the molecule is CCC(CCO)CNc1cnc(C(=O)O)cn1. The van der Waals surface area contributed by atoms with Crippen molar-refractivity contribution in [2.24, 2.45) is 5.92 Å². The molecule has 0 saturated heterocycles. The standard InChI is InChI=1S/C11H17N3O3/c1-2-8(3-4-15)5-13-10-7-12-9(6-14-10)11(16)17/h6-8,15H,2-5H2,1H3,(H,13,14)(H,16,17). The second-order valence-corrected chi connectivity index (χ2v) is 3.76. The summed E-state index contributed by atoms with van der Waals surface area (Å²) in [7, 11) is 0. The maximum Gasteiger partial charge on any atom is 0.356 e. The first-order valence-electron chi connectivity index (χ1n) is 5.57. The Bertz CT molecular complexity index is 353. The van der Waals surface area contributed by atoms with Crippen LogP contribution in [-0.2, 0) is 0 Å². The van der Waals surface area contributed by atoms with Gasteiger partial charge in [0.15, 0.2) is 5.69 Å². The van der Waals surface area contributed by atoms with Crippen LogP contribution in [0.25, 0.3) is 0 Å². The van der Waals surface area contributed by atoms with Crippen LogP contribution in [0.3, 0.4) is 0 Å². The molecule has 0 radical (unpaired) electrons. The van der Waals surface area contributed by atoms with E-state index in [1.807, 2.05) is 0 Å². The molecule has 1 aromatic rings. The van der Waals surface area contributed by atoms with Crippen molar-refractivity contribution >= 4 is 11.8 Å². The minimum atomic E-state index is -1.09. The Kier molecular flexibility index (Phi) is 5.35. The average molecular weight is 239 g/mol. The van der Waals surface area contributed by atoms with Crippen molar-refractivity contribution in [2.75, 3.05) is 18.5 Å². The van der Waals surface area contributed by atoms with Gasteiger partial charge in [-0.1, -0.05) is 13.3 Å². The van der Waals surface area contributed by atoms with E-state index in [9.17, 15) is 4.79 Å². The third-order valence-corrected chi connectivity index (χ3v) is 2.56. The summed E-state index contributed by atoms with van der Waals surface area (Å²) in [6, 6.07) is 0. The molecule has 17 heavy (non-hydrogen) atoms. The zero-order valence-electron chi connectivity index (χ0n) is 9.76. The van der Waals surface area contributed by atoms with Crippen molar-refractivity contribution in [3.63, 3.8) is 0 Å². The van der Waals surface area contributed by atoms with Gasteiger partial charge in [-0.25, -0.2) is 14.8 Å². The first kappa shape index (κ1) is 13.4. The summed E-state index contributed by atoms with van der Waals surface area (Å²) >= 11 is 0. The lowest BCUT2D eigenvalue weighted by atomic mass is 10.0. The number of aromatic carboxylic acids is 1. The minimum Gasteiger partial charge on any atom is -0.476 e. The number of hydrogen-bond donors (Lipinski definition) is 3. The van der Waals surface area contributed by atoms with E-state index in [-0.39, 0.29) is 12.3 Å². The Morgan fingerprint density at radius 1 is 1.47 bits per heavy atom. The molecule has 0 bridgehead atoms. The van der Waals surface area contributed by atoms with Crippen LogP contribution in [0.2, 0.25) is 0 Å². The van der Waals surface area contributed by atoms with E-state index in [0.717, 1.165) is 12.8 Å². The molecule has 1 unspecified atom stereocenters. The molecule has 1 rings (SSSR count). The normalized spacial score (nSPS) is 12.1. The summed E-state index contributed by atoms with van der Waals surface area (Å²) in [4.78, 5) is 18.3. The molecule has 1 atom stereocenters. The smallest absolute Gasteiger partial charge is 0.356 e. The fourth-order valence-corrected chi connectivity index (χ4v) is 1.41. The van der Waals surface area contributed by atoms with Gasteiger partial charge in [0.25, 0.3) is 0 Å². The van der Waals surface area contributed by atoms with Crippen molar-refractivity contribution in [1.29, 1.82) is 0 Å². The molecule has 1 heterocycles. The Labute approximate surface area is 99.7 Å². The van der Waals surface area contributed by atoms with Gasteiger partial charge in [0.2, 0.25) is 0 Å². The van der Waals surface area contributed by atoms with Crippen LogP contribution in [0.15, 0.2) is 12.4 Å². The van der Waals surface area contributed by atoms with Crippen LogP contribution >= 0.6 is 0 Å². The average Bonchev–Trinajstić information content (AvgIpc) is 2.35. The number of carboxylic acid groups (broad SMARTS) is 1. The van der Waals surface area contributed by atoms with E-state index in [4.69, 9.17) is 10.2 Å². The van der Waals surface area contributed by atoms with Gasteiger partial charge in [0, 0.05) is 13.2 Å². The Hall–Kier alpha value is -1.69. The number of aliphatic hydroxyl groups is 1. The third kappa shape index (κ3) is 4.36. The molecule has 0 aliphatic carbocycles. The number of hydrogen-bond acceptors (Lipinski definition) is 5. The highest BCUT2D eigenvalue weighted by Gasteiger charge is 2.07. The molecule has 94 valence electrons. The molecular formula is C11H17N3O3. The van der Waals surface area contributed by atoms with Crippen LogP contribution < -0.4 is 5.32 Å².